The van der Waals surface area contributed by atoms with E-state index in [4.69, 9.17) is 5.26 Å². The Kier molecular flexibility index (Phi) is 1.97. The molecule has 0 fully saturated rings. The standard InChI is InChI=1S/C11H10N2O/c1-8-3-2-4-9-5-6-10(14)13(7-12)11(8)9/h2-4H,5-6H2,1H3. The van der Waals surface area contributed by atoms with Crippen molar-refractivity contribution in [1.29, 1.82) is 5.26 Å². The summed E-state index contributed by atoms with van der Waals surface area (Å²) in [4.78, 5) is 12.6. The van der Waals surface area contributed by atoms with E-state index < -0.39 is 0 Å². The smallest absolute Gasteiger partial charge is 0.240 e. The number of rotatable bonds is 0. The average molecular weight is 186 g/mol. The predicted molar refractivity (Wildman–Crippen MR) is 52.6 cm³/mol. The fourth-order valence-corrected chi connectivity index (χ4v) is 1.83. The summed E-state index contributed by atoms with van der Waals surface area (Å²) in [5.74, 6) is -0.102. The third kappa shape index (κ3) is 1.16. The quantitative estimate of drug-likeness (QED) is 0.579. The molecule has 70 valence electrons. The van der Waals surface area contributed by atoms with Crippen molar-refractivity contribution in [3.8, 4) is 6.19 Å². The summed E-state index contributed by atoms with van der Waals surface area (Å²) in [6.07, 6.45) is 3.11. The van der Waals surface area contributed by atoms with Crippen molar-refractivity contribution in [2.75, 3.05) is 4.90 Å². The predicted octanol–water partition coefficient (Wildman–Crippen LogP) is 1.76. The van der Waals surface area contributed by atoms with Gasteiger partial charge in [0.15, 0.2) is 6.19 Å². The van der Waals surface area contributed by atoms with Gasteiger partial charge in [-0.05, 0) is 24.5 Å². The minimum atomic E-state index is -0.102. The van der Waals surface area contributed by atoms with Crippen molar-refractivity contribution in [2.24, 2.45) is 0 Å². The first-order valence-corrected chi connectivity index (χ1v) is 4.55. The molecule has 0 aromatic heterocycles. The Balaban J connectivity index is 2.61. The number of carbonyl (C=O) groups is 1. The summed E-state index contributed by atoms with van der Waals surface area (Å²) in [5.41, 5.74) is 2.86. The lowest BCUT2D eigenvalue weighted by Crippen LogP contribution is -2.31. The lowest BCUT2D eigenvalue weighted by molar-refractivity contribution is -0.118. The van der Waals surface area contributed by atoms with E-state index in [1.807, 2.05) is 31.3 Å². The Labute approximate surface area is 82.6 Å². The van der Waals surface area contributed by atoms with Gasteiger partial charge in [-0.25, -0.2) is 4.90 Å². The molecule has 0 N–H and O–H groups in total. The molecular formula is C11H10N2O. The maximum absolute atomic E-state index is 11.4. The minimum absolute atomic E-state index is 0.102. The van der Waals surface area contributed by atoms with E-state index in [-0.39, 0.29) is 5.91 Å². The van der Waals surface area contributed by atoms with Crippen LogP contribution < -0.4 is 4.90 Å². The Morgan fingerprint density at radius 3 is 2.93 bits per heavy atom. The second-order valence-corrected chi connectivity index (χ2v) is 3.41. The van der Waals surface area contributed by atoms with Crippen molar-refractivity contribution in [3.05, 3.63) is 29.3 Å². The fourth-order valence-electron chi connectivity index (χ4n) is 1.83. The van der Waals surface area contributed by atoms with Gasteiger partial charge < -0.3 is 0 Å². The number of benzene rings is 1. The number of amides is 1. The molecule has 1 aromatic rings. The molecule has 0 atom stereocenters. The Hall–Kier alpha value is -1.82. The largest absolute Gasteiger partial charge is 0.273 e. The number of hydrogen-bond donors (Lipinski definition) is 0. The molecule has 0 saturated carbocycles. The number of aryl methyl sites for hydroxylation is 2. The molecule has 1 aromatic carbocycles. The van der Waals surface area contributed by atoms with Gasteiger partial charge in [-0.1, -0.05) is 18.2 Å². The first kappa shape index (κ1) is 8.76. The minimum Gasteiger partial charge on any atom is -0.273 e. The van der Waals surface area contributed by atoms with E-state index in [2.05, 4.69) is 0 Å². The molecule has 0 spiro atoms. The van der Waals surface area contributed by atoms with Crippen LogP contribution in [0.1, 0.15) is 17.5 Å². The molecule has 3 heteroatoms. The maximum atomic E-state index is 11.4. The zero-order valence-corrected chi connectivity index (χ0v) is 7.95. The highest BCUT2D eigenvalue weighted by Crippen LogP contribution is 2.30. The van der Waals surface area contributed by atoms with Crippen LogP contribution in [0.3, 0.4) is 0 Å². The van der Waals surface area contributed by atoms with Gasteiger partial charge in [-0.2, -0.15) is 5.26 Å². The van der Waals surface area contributed by atoms with Crippen molar-refractivity contribution in [3.63, 3.8) is 0 Å². The van der Waals surface area contributed by atoms with E-state index in [9.17, 15) is 4.79 Å². The molecule has 0 aliphatic carbocycles. The monoisotopic (exact) mass is 186 g/mol. The van der Waals surface area contributed by atoms with E-state index in [0.29, 0.717) is 6.42 Å². The summed E-state index contributed by atoms with van der Waals surface area (Å²) in [7, 11) is 0. The van der Waals surface area contributed by atoms with Crippen LogP contribution in [-0.2, 0) is 11.2 Å². The van der Waals surface area contributed by atoms with Crippen molar-refractivity contribution >= 4 is 11.6 Å². The fraction of sp³-hybridized carbons (Fsp3) is 0.273. The van der Waals surface area contributed by atoms with E-state index in [1.165, 1.54) is 4.90 Å². The van der Waals surface area contributed by atoms with Crippen LogP contribution in [0.2, 0.25) is 0 Å². The van der Waals surface area contributed by atoms with Gasteiger partial charge in [0, 0.05) is 6.42 Å². The Bertz CT molecular complexity index is 431. The van der Waals surface area contributed by atoms with Crippen LogP contribution >= 0.6 is 0 Å². The van der Waals surface area contributed by atoms with Gasteiger partial charge in [0.2, 0.25) is 5.91 Å². The molecular weight excluding hydrogens is 176 g/mol. The highest BCUT2D eigenvalue weighted by atomic mass is 16.2. The average Bonchev–Trinajstić information content (AvgIpc) is 2.19. The normalized spacial score (nSPS) is 14.9. The Morgan fingerprint density at radius 1 is 1.43 bits per heavy atom. The topological polar surface area (TPSA) is 44.1 Å². The third-order valence-corrected chi connectivity index (χ3v) is 2.50. The number of nitriles is 1. The number of fused-ring (bicyclic) bond motifs is 1. The molecule has 0 bridgehead atoms. The van der Waals surface area contributed by atoms with Crippen molar-refractivity contribution < 1.29 is 4.79 Å². The van der Waals surface area contributed by atoms with E-state index in [1.54, 1.807) is 0 Å². The summed E-state index contributed by atoms with van der Waals surface area (Å²) >= 11 is 0. The van der Waals surface area contributed by atoms with E-state index >= 15 is 0 Å². The summed E-state index contributed by atoms with van der Waals surface area (Å²) < 4.78 is 0. The maximum Gasteiger partial charge on any atom is 0.240 e. The molecule has 1 amide bonds. The first-order chi connectivity index (χ1) is 6.74. The lowest BCUT2D eigenvalue weighted by Gasteiger charge is -2.24. The first-order valence-electron chi connectivity index (χ1n) is 4.55. The number of hydrogen-bond acceptors (Lipinski definition) is 2. The molecule has 1 aliphatic rings. The lowest BCUT2D eigenvalue weighted by atomic mass is 9.98. The van der Waals surface area contributed by atoms with Gasteiger partial charge in [-0.15, -0.1) is 0 Å². The van der Waals surface area contributed by atoms with E-state index in [0.717, 1.165) is 23.2 Å². The highest BCUT2D eigenvalue weighted by Gasteiger charge is 2.25. The van der Waals surface area contributed by atoms with Crippen LogP contribution in [-0.4, -0.2) is 5.91 Å². The molecule has 2 rings (SSSR count). The van der Waals surface area contributed by atoms with Crippen LogP contribution in [0.15, 0.2) is 18.2 Å². The molecule has 0 saturated heterocycles. The van der Waals surface area contributed by atoms with Crippen molar-refractivity contribution in [2.45, 2.75) is 19.8 Å². The summed E-state index contributed by atoms with van der Waals surface area (Å²) in [6, 6.07) is 5.85. The number of anilines is 1. The van der Waals surface area contributed by atoms with Gasteiger partial charge >= 0.3 is 0 Å². The zero-order valence-electron chi connectivity index (χ0n) is 7.95. The summed E-state index contributed by atoms with van der Waals surface area (Å²) in [6.45, 7) is 1.92. The second-order valence-electron chi connectivity index (χ2n) is 3.41. The van der Waals surface area contributed by atoms with Crippen LogP contribution in [0.4, 0.5) is 5.69 Å². The SMILES string of the molecule is Cc1cccc2c1N(C#N)C(=O)CC2. The van der Waals surface area contributed by atoms with Crippen LogP contribution in [0.25, 0.3) is 0 Å². The molecule has 3 nitrogen and oxygen atoms in total. The highest BCUT2D eigenvalue weighted by molar-refractivity contribution is 5.99. The number of nitrogens with zero attached hydrogens (tertiary/aromatic N) is 2. The van der Waals surface area contributed by atoms with Crippen LogP contribution in [0, 0.1) is 18.4 Å². The van der Waals surface area contributed by atoms with Gasteiger partial charge in [0.25, 0.3) is 0 Å². The van der Waals surface area contributed by atoms with Crippen molar-refractivity contribution in [1.82, 2.24) is 0 Å². The Morgan fingerprint density at radius 2 is 2.21 bits per heavy atom. The summed E-state index contributed by atoms with van der Waals surface area (Å²) in [5, 5.41) is 8.89. The van der Waals surface area contributed by atoms with Gasteiger partial charge in [0.05, 0.1) is 5.69 Å². The number of carbonyl (C=O) groups excluding carboxylic acids is 1. The van der Waals surface area contributed by atoms with Gasteiger partial charge in [-0.3, -0.25) is 4.79 Å². The molecule has 1 heterocycles. The molecule has 1 aliphatic heterocycles. The number of para-hydroxylation sites is 1. The van der Waals surface area contributed by atoms with Crippen LogP contribution in [0.5, 0.6) is 0 Å². The molecule has 0 radical (unpaired) electrons. The van der Waals surface area contributed by atoms with Gasteiger partial charge in [0.1, 0.15) is 0 Å². The molecule has 0 unspecified atom stereocenters. The zero-order chi connectivity index (χ0) is 10.1. The molecule has 14 heavy (non-hydrogen) atoms. The second kappa shape index (κ2) is 3.15. The third-order valence-electron chi connectivity index (χ3n) is 2.50.